The lowest BCUT2D eigenvalue weighted by molar-refractivity contribution is -0.136. The number of nitrogens with zero attached hydrogens (tertiary/aromatic N) is 5. The normalized spacial score (nSPS) is 19.2. The van der Waals surface area contributed by atoms with Gasteiger partial charge in [-0.3, -0.25) is 14.5 Å². The van der Waals surface area contributed by atoms with Crippen molar-refractivity contribution >= 4 is 23.7 Å². The van der Waals surface area contributed by atoms with Crippen molar-refractivity contribution in [2.45, 2.75) is 39.8 Å². The topological polar surface area (TPSA) is 86.3 Å². The molecule has 0 N–H and O–H groups in total. The molecular formula is C33H39N5O4. The Morgan fingerprint density at radius 1 is 0.976 bits per heavy atom. The first-order valence-corrected chi connectivity index (χ1v) is 14.4. The number of urea groups is 1. The van der Waals surface area contributed by atoms with Gasteiger partial charge in [-0.2, -0.15) is 0 Å². The van der Waals surface area contributed by atoms with Crippen LogP contribution in [0.2, 0.25) is 0 Å². The molecule has 3 aromatic rings. The lowest BCUT2D eigenvalue weighted by Crippen LogP contribution is -2.50. The summed E-state index contributed by atoms with van der Waals surface area (Å²) in [6.07, 6.45) is 1.88. The van der Waals surface area contributed by atoms with Crippen LogP contribution in [0.5, 0.6) is 5.75 Å². The number of anilines is 1. The van der Waals surface area contributed by atoms with E-state index in [0.29, 0.717) is 43.1 Å². The van der Waals surface area contributed by atoms with E-state index in [4.69, 9.17) is 4.74 Å². The van der Waals surface area contributed by atoms with Gasteiger partial charge < -0.3 is 19.4 Å². The Morgan fingerprint density at radius 3 is 2.19 bits per heavy atom. The number of aryl methyl sites for hydroxylation is 2. The van der Waals surface area contributed by atoms with Gasteiger partial charge in [-0.05, 0) is 66.3 Å². The molecule has 4 amide bonds. The Bertz CT molecular complexity index is 1480. The van der Waals surface area contributed by atoms with Gasteiger partial charge in [0.05, 0.1) is 13.7 Å². The van der Waals surface area contributed by atoms with Gasteiger partial charge in [0.15, 0.2) is 5.54 Å². The standard InChI is InChI=1S/C33H39N5O4/c1-22(2)33(31(40)38(32(41)35(33)5)21-25-7-13-28(42-6)14-8-25)27-11-9-26(10-12-27)30(39)37-17-15-36(16-18-37)29-24(4)19-23(3)20-34-29/h7-14,19-20,22H,15-18,21H2,1-6H3. The molecule has 3 heterocycles. The van der Waals surface area contributed by atoms with E-state index < -0.39 is 5.54 Å². The molecule has 1 atom stereocenters. The summed E-state index contributed by atoms with van der Waals surface area (Å²) in [5.74, 6) is 1.17. The Hall–Kier alpha value is -4.40. The van der Waals surface area contributed by atoms with Gasteiger partial charge in [0, 0.05) is 45.0 Å². The lowest BCUT2D eigenvalue weighted by Gasteiger charge is -2.37. The highest BCUT2D eigenvalue weighted by Crippen LogP contribution is 2.43. The molecule has 5 rings (SSSR count). The van der Waals surface area contributed by atoms with Crippen LogP contribution in [0.15, 0.2) is 60.8 Å². The number of benzene rings is 2. The van der Waals surface area contributed by atoms with E-state index in [-0.39, 0.29) is 30.3 Å². The van der Waals surface area contributed by atoms with Gasteiger partial charge in [0.2, 0.25) is 0 Å². The zero-order valence-electron chi connectivity index (χ0n) is 25.3. The summed E-state index contributed by atoms with van der Waals surface area (Å²) in [5, 5.41) is 0. The number of rotatable bonds is 7. The Morgan fingerprint density at radius 2 is 1.62 bits per heavy atom. The fourth-order valence-corrected chi connectivity index (χ4v) is 6.32. The fourth-order valence-electron chi connectivity index (χ4n) is 6.32. The molecule has 1 aromatic heterocycles. The van der Waals surface area contributed by atoms with E-state index >= 15 is 0 Å². The zero-order valence-corrected chi connectivity index (χ0v) is 25.3. The van der Waals surface area contributed by atoms with Gasteiger partial charge in [0.1, 0.15) is 11.6 Å². The predicted octanol–water partition coefficient (Wildman–Crippen LogP) is 4.61. The van der Waals surface area contributed by atoms with E-state index in [0.717, 1.165) is 22.5 Å². The second kappa shape index (κ2) is 11.5. The summed E-state index contributed by atoms with van der Waals surface area (Å²) >= 11 is 0. The summed E-state index contributed by atoms with van der Waals surface area (Å²) < 4.78 is 5.23. The molecule has 0 spiro atoms. The SMILES string of the molecule is COc1ccc(CN2C(=O)N(C)C(c3ccc(C(=O)N4CCN(c5ncc(C)cc5C)CC4)cc3)(C(C)C)C2=O)cc1. The maximum Gasteiger partial charge on any atom is 0.328 e. The molecule has 0 saturated carbocycles. The average Bonchev–Trinajstić information content (AvgIpc) is 3.18. The van der Waals surface area contributed by atoms with Crippen LogP contribution in [-0.2, 0) is 16.9 Å². The molecule has 0 aliphatic carbocycles. The summed E-state index contributed by atoms with van der Waals surface area (Å²) in [6, 6.07) is 16.3. The average molecular weight is 570 g/mol. The first-order chi connectivity index (χ1) is 20.1. The van der Waals surface area contributed by atoms with Gasteiger partial charge >= 0.3 is 6.03 Å². The number of carbonyl (C=O) groups is 3. The molecule has 2 aliphatic heterocycles. The molecule has 220 valence electrons. The van der Waals surface area contributed by atoms with Crippen molar-refractivity contribution in [3.8, 4) is 5.75 Å². The van der Waals surface area contributed by atoms with Crippen LogP contribution in [0.3, 0.4) is 0 Å². The van der Waals surface area contributed by atoms with Crippen LogP contribution in [0.1, 0.15) is 46.5 Å². The number of carbonyl (C=O) groups excluding carboxylic acids is 3. The van der Waals surface area contributed by atoms with Crippen LogP contribution >= 0.6 is 0 Å². The summed E-state index contributed by atoms with van der Waals surface area (Å²) in [7, 11) is 3.27. The number of hydrogen-bond acceptors (Lipinski definition) is 6. The van der Waals surface area contributed by atoms with Crippen molar-refractivity contribution < 1.29 is 19.1 Å². The van der Waals surface area contributed by atoms with E-state index in [1.807, 2.05) is 68.3 Å². The van der Waals surface area contributed by atoms with Crippen molar-refractivity contribution in [2.24, 2.45) is 5.92 Å². The molecule has 9 heteroatoms. The largest absolute Gasteiger partial charge is 0.497 e. The van der Waals surface area contributed by atoms with Gasteiger partial charge in [-0.25, -0.2) is 9.78 Å². The maximum atomic E-state index is 14.0. The monoisotopic (exact) mass is 569 g/mol. The van der Waals surface area contributed by atoms with E-state index in [2.05, 4.69) is 22.9 Å². The zero-order chi connectivity index (χ0) is 30.2. The lowest BCUT2D eigenvalue weighted by atomic mass is 9.78. The maximum absolute atomic E-state index is 14.0. The molecule has 9 nitrogen and oxygen atoms in total. The van der Waals surface area contributed by atoms with Crippen molar-refractivity contribution in [3.63, 3.8) is 0 Å². The number of likely N-dealkylation sites (N-methyl/N-ethyl adjacent to an activating group) is 1. The Labute approximate surface area is 247 Å². The highest BCUT2D eigenvalue weighted by molar-refractivity contribution is 6.07. The fraction of sp³-hybridized carbons (Fsp3) is 0.394. The minimum Gasteiger partial charge on any atom is -0.497 e. The second-order valence-corrected chi connectivity index (χ2v) is 11.5. The molecule has 1 unspecified atom stereocenters. The van der Waals surface area contributed by atoms with Crippen LogP contribution in [0.4, 0.5) is 10.6 Å². The number of amides is 4. The minimum absolute atomic E-state index is 0.0447. The number of ether oxygens (including phenoxy) is 1. The summed E-state index contributed by atoms with van der Waals surface area (Å²) in [5.41, 5.74) is 3.18. The number of hydrogen-bond donors (Lipinski definition) is 0. The third kappa shape index (κ3) is 4.97. The van der Waals surface area contributed by atoms with Gasteiger partial charge in [-0.15, -0.1) is 0 Å². The highest BCUT2D eigenvalue weighted by atomic mass is 16.5. The molecule has 2 aliphatic rings. The number of pyridine rings is 1. The number of piperazine rings is 1. The van der Waals surface area contributed by atoms with Crippen LogP contribution in [0, 0.1) is 19.8 Å². The predicted molar refractivity (Wildman–Crippen MR) is 161 cm³/mol. The summed E-state index contributed by atoms with van der Waals surface area (Å²) in [4.78, 5) is 52.4. The van der Waals surface area contributed by atoms with Crippen LogP contribution in [-0.4, -0.2) is 77.9 Å². The van der Waals surface area contributed by atoms with E-state index in [1.54, 1.807) is 31.2 Å². The minimum atomic E-state index is -1.17. The van der Waals surface area contributed by atoms with Crippen molar-refractivity contribution in [2.75, 3.05) is 45.2 Å². The Kier molecular flexibility index (Phi) is 7.95. The number of imide groups is 1. The quantitative estimate of drug-likeness (QED) is 0.386. The third-order valence-electron chi connectivity index (χ3n) is 8.58. The molecule has 2 aromatic carbocycles. The molecule has 42 heavy (non-hydrogen) atoms. The molecular weight excluding hydrogens is 530 g/mol. The van der Waals surface area contributed by atoms with Crippen molar-refractivity contribution in [3.05, 3.63) is 88.6 Å². The number of aromatic nitrogens is 1. The smallest absolute Gasteiger partial charge is 0.328 e. The van der Waals surface area contributed by atoms with Crippen molar-refractivity contribution in [1.29, 1.82) is 0 Å². The third-order valence-corrected chi connectivity index (χ3v) is 8.58. The van der Waals surface area contributed by atoms with Crippen LogP contribution in [0.25, 0.3) is 0 Å². The summed E-state index contributed by atoms with van der Waals surface area (Å²) in [6.45, 7) is 10.8. The first kappa shape index (κ1) is 29.1. The van der Waals surface area contributed by atoms with Gasteiger partial charge in [-0.1, -0.05) is 44.2 Å². The van der Waals surface area contributed by atoms with Gasteiger partial charge in [0.25, 0.3) is 11.8 Å². The molecule has 0 bridgehead atoms. The van der Waals surface area contributed by atoms with Crippen molar-refractivity contribution in [1.82, 2.24) is 19.7 Å². The van der Waals surface area contributed by atoms with E-state index in [1.165, 1.54) is 4.90 Å². The van der Waals surface area contributed by atoms with E-state index in [9.17, 15) is 14.4 Å². The molecule has 2 fully saturated rings. The molecule has 0 radical (unpaired) electrons. The number of methoxy groups -OCH3 is 1. The first-order valence-electron chi connectivity index (χ1n) is 14.4. The highest BCUT2D eigenvalue weighted by Gasteiger charge is 2.58. The molecule has 2 saturated heterocycles. The Balaban J connectivity index is 1.32. The second-order valence-electron chi connectivity index (χ2n) is 11.5. The van der Waals surface area contributed by atoms with Crippen LogP contribution < -0.4 is 9.64 Å².